The molecule has 1 aromatic heterocycles. The predicted octanol–water partition coefficient (Wildman–Crippen LogP) is 3.65. The van der Waals surface area contributed by atoms with Crippen LogP contribution in [0.2, 0.25) is 5.02 Å². The standard InChI is InChI=1S/C17H17ClN2O3S/c1-10-6-11(17(22)23)8-20(7-10)16(21)14-9-24-15(19-14)12-4-2-3-5-13(12)18/h2-5,9-11H,6-8H2,1H3,(H,22,23). The zero-order valence-corrected chi connectivity index (χ0v) is 14.7. The van der Waals surface area contributed by atoms with Crippen molar-refractivity contribution in [3.05, 3.63) is 40.4 Å². The fraction of sp³-hybridized carbons (Fsp3) is 0.353. The SMILES string of the molecule is CC1CC(C(=O)O)CN(C(=O)c2csc(-c3ccccc3Cl)n2)C1. The fourth-order valence-electron chi connectivity index (χ4n) is 2.99. The molecule has 2 aromatic rings. The number of rotatable bonds is 3. The first-order valence-electron chi connectivity index (χ1n) is 7.68. The number of aliphatic carboxylic acids is 1. The number of nitrogens with zero attached hydrogens (tertiary/aromatic N) is 2. The summed E-state index contributed by atoms with van der Waals surface area (Å²) in [5.74, 6) is -1.43. The highest BCUT2D eigenvalue weighted by atomic mass is 35.5. The molecule has 5 nitrogen and oxygen atoms in total. The zero-order chi connectivity index (χ0) is 17.3. The molecule has 7 heteroatoms. The molecule has 126 valence electrons. The van der Waals surface area contributed by atoms with Gasteiger partial charge >= 0.3 is 5.97 Å². The Morgan fingerprint density at radius 3 is 2.79 bits per heavy atom. The Hall–Kier alpha value is -1.92. The molecule has 0 spiro atoms. The van der Waals surface area contributed by atoms with Crippen LogP contribution in [0.25, 0.3) is 10.6 Å². The van der Waals surface area contributed by atoms with E-state index in [-0.39, 0.29) is 18.4 Å². The number of carbonyl (C=O) groups is 2. The zero-order valence-electron chi connectivity index (χ0n) is 13.1. The van der Waals surface area contributed by atoms with Gasteiger partial charge in [0.1, 0.15) is 10.7 Å². The van der Waals surface area contributed by atoms with Crippen molar-refractivity contribution in [1.82, 2.24) is 9.88 Å². The van der Waals surface area contributed by atoms with Crippen LogP contribution in [0.15, 0.2) is 29.6 Å². The van der Waals surface area contributed by atoms with Gasteiger partial charge in [0, 0.05) is 24.0 Å². The molecule has 1 aromatic carbocycles. The van der Waals surface area contributed by atoms with E-state index in [0.717, 1.165) is 5.56 Å². The Balaban J connectivity index is 1.81. The second-order valence-electron chi connectivity index (χ2n) is 6.10. The van der Waals surface area contributed by atoms with E-state index in [0.29, 0.717) is 28.7 Å². The fourth-order valence-corrected chi connectivity index (χ4v) is 4.10. The molecule has 0 saturated carbocycles. The Kier molecular flexibility index (Phi) is 4.87. The Labute approximate surface area is 148 Å². The highest BCUT2D eigenvalue weighted by Gasteiger charge is 2.33. The van der Waals surface area contributed by atoms with E-state index in [4.69, 9.17) is 11.6 Å². The molecule has 0 radical (unpaired) electrons. The van der Waals surface area contributed by atoms with Crippen LogP contribution >= 0.6 is 22.9 Å². The first-order chi connectivity index (χ1) is 11.5. The topological polar surface area (TPSA) is 70.5 Å². The molecule has 24 heavy (non-hydrogen) atoms. The summed E-state index contributed by atoms with van der Waals surface area (Å²) < 4.78 is 0. The van der Waals surface area contributed by atoms with Crippen molar-refractivity contribution in [3.8, 4) is 10.6 Å². The van der Waals surface area contributed by atoms with Crippen LogP contribution in [0, 0.1) is 11.8 Å². The van der Waals surface area contributed by atoms with Crippen molar-refractivity contribution in [2.24, 2.45) is 11.8 Å². The molecular weight excluding hydrogens is 348 g/mol. The Morgan fingerprint density at radius 2 is 2.08 bits per heavy atom. The number of carboxylic acid groups (broad SMARTS) is 1. The van der Waals surface area contributed by atoms with Crippen LogP contribution in [-0.4, -0.2) is 40.0 Å². The van der Waals surface area contributed by atoms with Gasteiger partial charge in [0.25, 0.3) is 5.91 Å². The largest absolute Gasteiger partial charge is 0.481 e. The maximum atomic E-state index is 12.7. The second kappa shape index (κ2) is 6.91. The third-order valence-electron chi connectivity index (χ3n) is 4.12. The molecule has 0 bridgehead atoms. The average molecular weight is 365 g/mol. The lowest BCUT2D eigenvalue weighted by Crippen LogP contribution is -2.45. The lowest BCUT2D eigenvalue weighted by molar-refractivity contribution is -0.143. The van der Waals surface area contributed by atoms with Gasteiger partial charge in [-0.05, 0) is 18.4 Å². The number of hydrogen-bond acceptors (Lipinski definition) is 4. The van der Waals surface area contributed by atoms with Gasteiger partial charge in [-0.15, -0.1) is 11.3 Å². The number of likely N-dealkylation sites (tertiary alicyclic amines) is 1. The summed E-state index contributed by atoms with van der Waals surface area (Å²) in [5.41, 5.74) is 1.13. The van der Waals surface area contributed by atoms with Crippen LogP contribution in [0.1, 0.15) is 23.8 Å². The number of piperidine rings is 1. The number of hydrogen-bond donors (Lipinski definition) is 1. The summed E-state index contributed by atoms with van der Waals surface area (Å²) in [6.07, 6.45) is 0.598. The van der Waals surface area contributed by atoms with E-state index in [1.54, 1.807) is 16.3 Å². The normalized spacial score (nSPS) is 20.8. The van der Waals surface area contributed by atoms with E-state index in [9.17, 15) is 14.7 Å². The lowest BCUT2D eigenvalue weighted by atomic mass is 9.90. The molecule has 1 amide bonds. The average Bonchev–Trinajstić information content (AvgIpc) is 3.03. The monoisotopic (exact) mass is 364 g/mol. The summed E-state index contributed by atoms with van der Waals surface area (Å²) in [4.78, 5) is 30.0. The maximum Gasteiger partial charge on any atom is 0.308 e. The van der Waals surface area contributed by atoms with E-state index in [2.05, 4.69) is 4.98 Å². The quantitative estimate of drug-likeness (QED) is 0.902. The molecule has 0 aliphatic carbocycles. The molecule has 2 atom stereocenters. The molecule has 3 rings (SSSR count). The molecule has 2 heterocycles. The Morgan fingerprint density at radius 1 is 1.33 bits per heavy atom. The van der Waals surface area contributed by atoms with Gasteiger partial charge in [-0.1, -0.05) is 36.7 Å². The molecule has 1 aliphatic rings. The van der Waals surface area contributed by atoms with E-state index in [1.807, 2.05) is 25.1 Å². The molecule has 1 aliphatic heterocycles. The second-order valence-corrected chi connectivity index (χ2v) is 7.37. The van der Waals surface area contributed by atoms with Crippen LogP contribution in [-0.2, 0) is 4.79 Å². The van der Waals surface area contributed by atoms with Crippen molar-refractivity contribution in [3.63, 3.8) is 0 Å². The third-order valence-corrected chi connectivity index (χ3v) is 5.33. The minimum atomic E-state index is -0.852. The van der Waals surface area contributed by atoms with Crippen LogP contribution < -0.4 is 0 Å². The highest BCUT2D eigenvalue weighted by molar-refractivity contribution is 7.13. The Bertz CT molecular complexity index is 777. The number of thiazole rings is 1. The predicted molar refractivity (Wildman–Crippen MR) is 93.4 cm³/mol. The van der Waals surface area contributed by atoms with Crippen molar-refractivity contribution < 1.29 is 14.7 Å². The summed E-state index contributed by atoms with van der Waals surface area (Å²) in [7, 11) is 0. The number of carbonyl (C=O) groups excluding carboxylic acids is 1. The molecule has 1 fully saturated rings. The van der Waals surface area contributed by atoms with E-state index >= 15 is 0 Å². The first-order valence-corrected chi connectivity index (χ1v) is 8.94. The minimum Gasteiger partial charge on any atom is -0.481 e. The van der Waals surface area contributed by atoms with Crippen LogP contribution in [0.5, 0.6) is 0 Å². The number of halogens is 1. The first kappa shape index (κ1) is 16.9. The summed E-state index contributed by atoms with van der Waals surface area (Å²) in [5, 5.41) is 12.2. The summed E-state index contributed by atoms with van der Waals surface area (Å²) in [6, 6.07) is 7.35. The van der Waals surface area contributed by atoms with Crippen molar-refractivity contribution in [1.29, 1.82) is 0 Å². The smallest absolute Gasteiger partial charge is 0.308 e. The summed E-state index contributed by atoms with van der Waals surface area (Å²) in [6.45, 7) is 2.75. The van der Waals surface area contributed by atoms with E-state index in [1.165, 1.54) is 11.3 Å². The van der Waals surface area contributed by atoms with Gasteiger partial charge < -0.3 is 10.0 Å². The number of benzene rings is 1. The van der Waals surface area contributed by atoms with Gasteiger partial charge in [-0.2, -0.15) is 0 Å². The maximum absolute atomic E-state index is 12.7. The van der Waals surface area contributed by atoms with Gasteiger partial charge in [-0.3, -0.25) is 9.59 Å². The van der Waals surface area contributed by atoms with E-state index < -0.39 is 11.9 Å². The minimum absolute atomic E-state index is 0.158. The lowest BCUT2D eigenvalue weighted by Gasteiger charge is -2.34. The number of carboxylic acids is 1. The highest BCUT2D eigenvalue weighted by Crippen LogP contribution is 2.31. The third kappa shape index (κ3) is 3.44. The van der Waals surface area contributed by atoms with Crippen molar-refractivity contribution >= 4 is 34.8 Å². The van der Waals surface area contributed by atoms with Crippen molar-refractivity contribution in [2.75, 3.05) is 13.1 Å². The van der Waals surface area contributed by atoms with Gasteiger partial charge in [-0.25, -0.2) is 4.98 Å². The van der Waals surface area contributed by atoms with Crippen LogP contribution in [0.3, 0.4) is 0 Å². The molecular formula is C17H17ClN2O3S. The van der Waals surface area contributed by atoms with Gasteiger partial charge in [0.05, 0.1) is 10.9 Å². The van der Waals surface area contributed by atoms with Gasteiger partial charge in [0.2, 0.25) is 0 Å². The molecule has 2 unspecified atom stereocenters. The van der Waals surface area contributed by atoms with Crippen molar-refractivity contribution in [2.45, 2.75) is 13.3 Å². The number of aromatic nitrogens is 1. The summed E-state index contributed by atoms with van der Waals surface area (Å²) >= 11 is 7.53. The number of amides is 1. The molecule has 1 saturated heterocycles. The van der Waals surface area contributed by atoms with Gasteiger partial charge in [0.15, 0.2) is 0 Å². The van der Waals surface area contributed by atoms with Crippen LogP contribution in [0.4, 0.5) is 0 Å². The molecule has 1 N–H and O–H groups in total.